The zero-order chi connectivity index (χ0) is 15.9. The first-order chi connectivity index (χ1) is 9.87. The van der Waals surface area contributed by atoms with Crippen LogP contribution in [0, 0.1) is 5.41 Å². The van der Waals surface area contributed by atoms with Crippen molar-refractivity contribution >= 4 is 0 Å². The molecule has 0 aliphatic carbocycles. The van der Waals surface area contributed by atoms with Crippen molar-refractivity contribution in [1.29, 1.82) is 0 Å². The maximum Gasteiger partial charge on any atom is 0.00108 e. The van der Waals surface area contributed by atoms with E-state index in [1.165, 1.54) is 36.8 Å². The third-order valence-electron chi connectivity index (χ3n) is 4.83. The van der Waals surface area contributed by atoms with Gasteiger partial charge >= 0.3 is 0 Å². The summed E-state index contributed by atoms with van der Waals surface area (Å²) < 4.78 is 0. The van der Waals surface area contributed by atoms with Crippen molar-refractivity contribution in [2.24, 2.45) is 5.41 Å². The highest BCUT2D eigenvalue weighted by molar-refractivity contribution is 5.28. The predicted octanol–water partition coefficient (Wildman–Crippen LogP) is 5.33. The van der Waals surface area contributed by atoms with Gasteiger partial charge in [-0.15, -0.1) is 0 Å². The van der Waals surface area contributed by atoms with Crippen LogP contribution < -0.4 is 5.32 Å². The lowest BCUT2D eigenvalue weighted by atomic mass is 9.76. The second-order valence-corrected chi connectivity index (χ2v) is 7.51. The van der Waals surface area contributed by atoms with Crippen molar-refractivity contribution in [2.45, 2.75) is 72.6 Å². The fourth-order valence-electron chi connectivity index (χ4n) is 2.90. The van der Waals surface area contributed by atoms with Crippen molar-refractivity contribution in [2.75, 3.05) is 13.1 Å². The van der Waals surface area contributed by atoms with Gasteiger partial charge in [-0.25, -0.2) is 0 Å². The Kier molecular flexibility index (Phi) is 6.93. The molecule has 0 bridgehead atoms. The fourth-order valence-corrected chi connectivity index (χ4v) is 2.90. The van der Waals surface area contributed by atoms with Crippen LogP contribution in [-0.4, -0.2) is 13.1 Å². The molecule has 0 saturated heterocycles. The van der Waals surface area contributed by atoms with Crippen LogP contribution in [0.15, 0.2) is 24.3 Å². The molecule has 1 N–H and O–H groups in total. The summed E-state index contributed by atoms with van der Waals surface area (Å²) in [6.07, 6.45) is 4.87. The van der Waals surface area contributed by atoms with Gasteiger partial charge in [0.2, 0.25) is 0 Å². The molecule has 0 spiro atoms. The number of benzene rings is 1. The molecule has 1 nitrogen and oxygen atoms in total. The molecule has 1 aromatic carbocycles. The summed E-state index contributed by atoms with van der Waals surface area (Å²) >= 11 is 0. The molecule has 0 aromatic heterocycles. The first-order valence-electron chi connectivity index (χ1n) is 8.67. The summed E-state index contributed by atoms with van der Waals surface area (Å²) in [5.41, 5.74) is 3.55. The molecular formula is C20H35N. The van der Waals surface area contributed by atoms with Gasteiger partial charge in [0.25, 0.3) is 0 Å². The molecule has 0 heterocycles. The topological polar surface area (TPSA) is 12.0 Å². The maximum atomic E-state index is 3.63. The van der Waals surface area contributed by atoms with Gasteiger partial charge in [0.15, 0.2) is 0 Å². The second kappa shape index (κ2) is 7.98. The third-order valence-corrected chi connectivity index (χ3v) is 4.83. The van der Waals surface area contributed by atoms with E-state index in [0.29, 0.717) is 5.41 Å². The lowest BCUT2D eigenvalue weighted by Crippen LogP contribution is -2.35. The highest BCUT2D eigenvalue weighted by atomic mass is 14.9. The Balaban J connectivity index is 2.79. The Morgan fingerprint density at radius 1 is 0.905 bits per heavy atom. The zero-order valence-corrected chi connectivity index (χ0v) is 15.1. The Labute approximate surface area is 132 Å². The predicted molar refractivity (Wildman–Crippen MR) is 95.0 cm³/mol. The zero-order valence-electron chi connectivity index (χ0n) is 15.1. The van der Waals surface area contributed by atoms with Crippen LogP contribution in [0.2, 0.25) is 0 Å². The van der Waals surface area contributed by atoms with Gasteiger partial charge in [0.05, 0.1) is 0 Å². The van der Waals surface area contributed by atoms with Gasteiger partial charge in [-0.2, -0.15) is 0 Å². The molecule has 120 valence electrons. The van der Waals surface area contributed by atoms with Gasteiger partial charge in [-0.3, -0.25) is 0 Å². The molecular weight excluding hydrogens is 254 g/mol. The minimum Gasteiger partial charge on any atom is -0.316 e. The molecule has 0 radical (unpaired) electrons. The summed E-state index contributed by atoms with van der Waals surface area (Å²) in [6, 6.07) is 9.29. The van der Waals surface area contributed by atoms with E-state index in [-0.39, 0.29) is 5.41 Å². The largest absolute Gasteiger partial charge is 0.316 e. The van der Waals surface area contributed by atoms with Crippen molar-refractivity contribution < 1.29 is 0 Å². The van der Waals surface area contributed by atoms with Crippen molar-refractivity contribution in [3.63, 3.8) is 0 Å². The van der Waals surface area contributed by atoms with Gasteiger partial charge in [-0.05, 0) is 54.2 Å². The summed E-state index contributed by atoms with van der Waals surface area (Å²) in [7, 11) is 0. The van der Waals surface area contributed by atoms with Gasteiger partial charge in [-0.1, -0.05) is 65.8 Å². The number of hydrogen-bond donors (Lipinski definition) is 1. The Morgan fingerprint density at radius 3 is 1.90 bits per heavy atom. The average molecular weight is 290 g/mol. The van der Waals surface area contributed by atoms with E-state index in [0.717, 1.165) is 13.1 Å². The van der Waals surface area contributed by atoms with Gasteiger partial charge in [0.1, 0.15) is 0 Å². The highest BCUT2D eigenvalue weighted by Crippen LogP contribution is 2.31. The average Bonchev–Trinajstić information content (AvgIpc) is 2.46. The summed E-state index contributed by atoms with van der Waals surface area (Å²) in [4.78, 5) is 0. The van der Waals surface area contributed by atoms with E-state index in [9.17, 15) is 0 Å². The first kappa shape index (κ1) is 18.2. The second-order valence-electron chi connectivity index (χ2n) is 7.51. The molecule has 0 atom stereocenters. The van der Waals surface area contributed by atoms with E-state index in [1.54, 1.807) is 0 Å². The van der Waals surface area contributed by atoms with Gasteiger partial charge < -0.3 is 5.32 Å². The van der Waals surface area contributed by atoms with E-state index in [2.05, 4.69) is 71.1 Å². The Morgan fingerprint density at radius 2 is 1.48 bits per heavy atom. The lowest BCUT2D eigenvalue weighted by molar-refractivity contribution is 0.247. The molecule has 0 fully saturated rings. The summed E-state index contributed by atoms with van der Waals surface area (Å²) in [5.74, 6) is 0. The maximum absolute atomic E-state index is 3.63. The third kappa shape index (κ3) is 5.47. The molecule has 1 rings (SSSR count). The normalized spacial score (nSPS) is 12.7. The van der Waals surface area contributed by atoms with E-state index < -0.39 is 0 Å². The molecule has 1 aromatic rings. The molecule has 0 amide bonds. The van der Waals surface area contributed by atoms with E-state index in [1.807, 2.05) is 0 Å². The minimum absolute atomic E-state index is 0.244. The molecule has 1 heteroatoms. The van der Waals surface area contributed by atoms with Gasteiger partial charge in [0, 0.05) is 6.54 Å². The van der Waals surface area contributed by atoms with Crippen LogP contribution in [0.3, 0.4) is 0 Å². The monoisotopic (exact) mass is 289 g/mol. The smallest absolute Gasteiger partial charge is 0.00108 e. The highest BCUT2D eigenvalue weighted by Gasteiger charge is 2.26. The molecule has 21 heavy (non-hydrogen) atoms. The SMILES string of the molecule is CCCNCC(CC)(CC)Cc1ccc(C(C)(C)C)cc1. The summed E-state index contributed by atoms with van der Waals surface area (Å²) in [6.45, 7) is 16.0. The van der Waals surface area contributed by atoms with Crippen LogP contribution in [0.1, 0.15) is 71.9 Å². The lowest BCUT2D eigenvalue weighted by Gasteiger charge is -2.32. The van der Waals surface area contributed by atoms with Crippen LogP contribution in [0.25, 0.3) is 0 Å². The number of rotatable bonds is 8. The van der Waals surface area contributed by atoms with Crippen LogP contribution in [0.4, 0.5) is 0 Å². The Bertz CT molecular complexity index is 393. The molecule has 0 aliphatic heterocycles. The molecule has 0 saturated carbocycles. The van der Waals surface area contributed by atoms with Crippen LogP contribution in [0.5, 0.6) is 0 Å². The first-order valence-corrected chi connectivity index (χ1v) is 8.67. The minimum atomic E-state index is 0.244. The van der Waals surface area contributed by atoms with Crippen molar-refractivity contribution in [3.05, 3.63) is 35.4 Å². The molecule has 0 unspecified atom stereocenters. The Hall–Kier alpha value is -0.820. The van der Waals surface area contributed by atoms with Crippen molar-refractivity contribution in [1.82, 2.24) is 5.32 Å². The van der Waals surface area contributed by atoms with Crippen LogP contribution in [-0.2, 0) is 11.8 Å². The summed E-state index contributed by atoms with van der Waals surface area (Å²) in [5, 5.41) is 3.63. The number of hydrogen-bond acceptors (Lipinski definition) is 1. The van der Waals surface area contributed by atoms with Crippen LogP contribution >= 0.6 is 0 Å². The standard InChI is InChI=1S/C20H35N/c1-7-14-21-16-20(8-2,9-3)15-17-10-12-18(13-11-17)19(4,5)6/h10-13,21H,7-9,14-16H2,1-6H3. The fraction of sp³-hybridized carbons (Fsp3) is 0.700. The van der Waals surface area contributed by atoms with E-state index in [4.69, 9.17) is 0 Å². The number of nitrogens with one attached hydrogen (secondary N) is 1. The quantitative estimate of drug-likeness (QED) is 0.638. The van der Waals surface area contributed by atoms with Crippen molar-refractivity contribution in [3.8, 4) is 0 Å². The van der Waals surface area contributed by atoms with E-state index >= 15 is 0 Å². The molecule has 0 aliphatic rings.